The van der Waals surface area contributed by atoms with Crippen molar-refractivity contribution < 1.29 is 13.2 Å². The zero-order valence-electron chi connectivity index (χ0n) is 14.6. The Hall–Kier alpha value is -2.55. The lowest BCUT2D eigenvalue weighted by atomic mass is 10.0. The van der Waals surface area contributed by atoms with Crippen LogP contribution >= 0.6 is 11.3 Å². The molecule has 0 spiro atoms. The standard InChI is InChI=1S/C19H19N3O3S2/c1-14-7-9-16(10-8-14)27(24,25)22-17(15-5-3-2-4-6-15)13-18(23)21-19-20-11-12-26-19/h2-12,17,22H,13H2,1H3,(H,20,21,23)/t17-/m0/s1. The van der Waals surface area contributed by atoms with Crippen molar-refractivity contribution in [3.05, 3.63) is 77.3 Å². The fourth-order valence-corrected chi connectivity index (χ4v) is 4.30. The van der Waals surface area contributed by atoms with Crippen LogP contribution < -0.4 is 10.0 Å². The Morgan fingerprint density at radius 2 is 1.81 bits per heavy atom. The molecule has 140 valence electrons. The lowest BCUT2D eigenvalue weighted by Crippen LogP contribution is -2.31. The molecule has 1 amide bonds. The average Bonchev–Trinajstić information content (AvgIpc) is 3.15. The fourth-order valence-electron chi connectivity index (χ4n) is 2.53. The third-order valence-electron chi connectivity index (χ3n) is 3.90. The molecule has 3 aromatic rings. The van der Waals surface area contributed by atoms with Crippen molar-refractivity contribution >= 4 is 32.4 Å². The maximum Gasteiger partial charge on any atom is 0.241 e. The highest BCUT2D eigenvalue weighted by Gasteiger charge is 2.24. The number of aryl methyl sites for hydroxylation is 1. The summed E-state index contributed by atoms with van der Waals surface area (Å²) in [5.74, 6) is -0.314. The highest BCUT2D eigenvalue weighted by atomic mass is 32.2. The molecular weight excluding hydrogens is 382 g/mol. The van der Waals surface area contributed by atoms with Crippen LogP contribution in [0.1, 0.15) is 23.6 Å². The Bertz CT molecular complexity index is 986. The number of nitrogens with zero attached hydrogens (tertiary/aromatic N) is 1. The first-order valence-electron chi connectivity index (χ1n) is 8.27. The molecule has 1 atom stereocenters. The molecule has 0 bridgehead atoms. The van der Waals surface area contributed by atoms with Gasteiger partial charge in [-0.15, -0.1) is 11.3 Å². The molecule has 3 rings (SSSR count). The van der Waals surface area contributed by atoms with Crippen molar-refractivity contribution in [3.63, 3.8) is 0 Å². The third-order valence-corrected chi connectivity index (χ3v) is 6.07. The molecule has 1 aromatic heterocycles. The van der Waals surface area contributed by atoms with Gasteiger partial charge in [0.25, 0.3) is 0 Å². The predicted octanol–water partition coefficient (Wildman–Crippen LogP) is 3.50. The summed E-state index contributed by atoms with van der Waals surface area (Å²) in [5.41, 5.74) is 1.68. The molecule has 0 unspecified atom stereocenters. The normalized spacial score (nSPS) is 12.5. The molecule has 0 aliphatic carbocycles. The van der Waals surface area contributed by atoms with Crippen LogP contribution in [0.15, 0.2) is 71.1 Å². The Morgan fingerprint density at radius 3 is 2.44 bits per heavy atom. The van der Waals surface area contributed by atoms with E-state index in [9.17, 15) is 13.2 Å². The van der Waals surface area contributed by atoms with Crippen molar-refractivity contribution in [1.29, 1.82) is 0 Å². The number of rotatable bonds is 7. The van der Waals surface area contributed by atoms with Gasteiger partial charge < -0.3 is 5.32 Å². The number of carbonyl (C=O) groups excluding carboxylic acids is 1. The number of hydrogen-bond donors (Lipinski definition) is 2. The first kappa shape index (κ1) is 19.2. The van der Waals surface area contributed by atoms with Crippen LogP contribution in [-0.2, 0) is 14.8 Å². The SMILES string of the molecule is Cc1ccc(S(=O)(=O)N[C@@H](CC(=O)Nc2nccs2)c2ccccc2)cc1. The Kier molecular flexibility index (Phi) is 6.00. The molecule has 0 aliphatic rings. The second-order valence-electron chi connectivity index (χ2n) is 5.99. The number of amides is 1. The molecule has 0 fully saturated rings. The molecule has 6 nitrogen and oxygen atoms in total. The summed E-state index contributed by atoms with van der Waals surface area (Å²) >= 11 is 1.30. The maximum absolute atomic E-state index is 12.8. The first-order chi connectivity index (χ1) is 12.9. The largest absolute Gasteiger partial charge is 0.302 e. The monoisotopic (exact) mass is 401 g/mol. The van der Waals surface area contributed by atoms with Gasteiger partial charge >= 0.3 is 0 Å². The summed E-state index contributed by atoms with van der Waals surface area (Å²) in [6.07, 6.45) is 1.55. The number of benzene rings is 2. The van der Waals surface area contributed by atoms with E-state index in [1.165, 1.54) is 11.3 Å². The van der Waals surface area contributed by atoms with Crippen LogP contribution in [0, 0.1) is 6.92 Å². The highest BCUT2D eigenvalue weighted by molar-refractivity contribution is 7.89. The van der Waals surface area contributed by atoms with Crippen LogP contribution in [0.4, 0.5) is 5.13 Å². The number of carbonyl (C=O) groups is 1. The van der Waals surface area contributed by atoms with Gasteiger partial charge in [0, 0.05) is 18.0 Å². The van der Waals surface area contributed by atoms with Crippen molar-refractivity contribution in [1.82, 2.24) is 9.71 Å². The number of aromatic nitrogens is 1. The number of sulfonamides is 1. The van der Waals surface area contributed by atoms with Crippen LogP contribution in [0.3, 0.4) is 0 Å². The van der Waals surface area contributed by atoms with Gasteiger partial charge in [-0.2, -0.15) is 0 Å². The van der Waals surface area contributed by atoms with Crippen molar-refractivity contribution in [2.24, 2.45) is 0 Å². The highest BCUT2D eigenvalue weighted by Crippen LogP contribution is 2.22. The van der Waals surface area contributed by atoms with Gasteiger partial charge in [0.15, 0.2) is 5.13 Å². The zero-order chi connectivity index (χ0) is 19.3. The zero-order valence-corrected chi connectivity index (χ0v) is 16.3. The molecule has 8 heteroatoms. The average molecular weight is 402 g/mol. The van der Waals surface area contributed by atoms with Gasteiger partial charge in [-0.1, -0.05) is 48.0 Å². The summed E-state index contributed by atoms with van der Waals surface area (Å²) < 4.78 is 28.2. The van der Waals surface area contributed by atoms with E-state index in [2.05, 4.69) is 15.0 Å². The minimum Gasteiger partial charge on any atom is -0.302 e. The van der Waals surface area contributed by atoms with Crippen LogP contribution in [-0.4, -0.2) is 19.3 Å². The minimum absolute atomic E-state index is 0.0469. The van der Waals surface area contributed by atoms with E-state index in [0.29, 0.717) is 10.7 Å². The molecule has 0 saturated heterocycles. The summed E-state index contributed by atoms with van der Waals surface area (Å²) in [6.45, 7) is 1.89. The van der Waals surface area contributed by atoms with Gasteiger partial charge in [-0.3, -0.25) is 4.79 Å². The van der Waals surface area contributed by atoms with E-state index in [0.717, 1.165) is 5.56 Å². The lowest BCUT2D eigenvalue weighted by Gasteiger charge is -2.19. The predicted molar refractivity (Wildman–Crippen MR) is 106 cm³/mol. The first-order valence-corrected chi connectivity index (χ1v) is 10.6. The van der Waals surface area contributed by atoms with E-state index >= 15 is 0 Å². The number of nitrogens with one attached hydrogen (secondary N) is 2. The topological polar surface area (TPSA) is 88.2 Å². The second kappa shape index (κ2) is 8.43. The smallest absolute Gasteiger partial charge is 0.241 e. The molecule has 0 radical (unpaired) electrons. The molecule has 1 heterocycles. The van der Waals surface area contributed by atoms with E-state index in [-0.39, 0.29) is 17.2 Å². The van der Waals surface area contributed by atoms with Crippen LogP contribution in [0.25, 0.3) is 0 Å². The molecule has 0 saturated carbocycles. The quantitative estimate of drug-likeness (QED) is 0.634. The van der Waals surface area contributed by atoms with Crippen LogP contribution in [0.5, 0.6) is 0 Å². The Morgan fingerprint density at radius 1 is 1.11 bits per heavy atom. The molecule has 2 aromatic carbocycles. The van der Waals surface area contributed by atoms with Gasteiger partial charge in [-0.25, -0.2) is 18.1 Å². The van der Waals surface area contributed by atoms with Crippen LogP contribution in [0.2, 0.25) is 0 Å². The van der Waals surface area contributed by atoms with E-state index < -0.39 is 16.1 Å². The Balaban J connectivity index is 1.81. The van der Waals surface area contributed by atoms with E-state index in [1.807, 2.05) is 13.0 Å². The summed E-state index contributed by atoms with van der Waals surface area (Å²) in [6, 6.07) is 14.9. The molecule has 0 aliphatic heterocycles. The van der Waals surface area contributed by atoms with Gasteiger partial charge in [-0.05, 0) is 24.6 Å². The molecular formula is C19H19N3O3S2. The van der Waals surface area contributed by atoms with Gasteiger partial charge in [0.2, 0.25) is 15.9 Å². The van der Waals surface area contributed by atoms with Crippen molar-refractivity contribution in [2.75, 3.05) is 5.32 Å². The summed E-state index contributed by atoms with van der Waals surface area (Å²) in [7, 11) is -3.78. The van der Waals surface area contributed by atoms with Gasteiger partial charge in [0.1, 0.15) is 0 Å². The van der Waals surface area contributed by atoms with E-state index in [1.54, 1.807) is 60.1 Å². The fraction of sp³-hybridized carbons (Fsp3) is 0.158. The van der Waals surface area contributed by atoms with Crippen molar-refractivity contribution in [3.8, 4) is 0 Å². The maximum atomic E-state index is 12.8. The number of hydrogen-bond acceptors (Lipinski definition) is 5. The second-order valence-corrected chi connectivity index (χ2v) is 8.60. The summed E-state index contributed by atoms with van der Waals surface area (Å²) in [4.78, 5) is 16.6. The summed E-state index contributed by atoms with van der Waals surface area (Å²) in [5, 5.41) is 4.92. The number of thiazole rings is 1. The Labute approximate surface area is 162 Å². The van der Waals surface area contributed by atoms with E-state index in [4.69, 9.17) is 0 Å². The molecule has 2 N–H and O–H groups in total. The van der Waals surface area contributed by atoms with Crippen molar-refractivity contribution in [2.45, 2.75) is 24.3 Å². The molecule has 27 heavy (non-hydrogen) atoms. The van der Waals surface area contributed by atoms with Gasteiger partial charge in [0.05, 0.1) is 10.9 Å². The third kappa shape index (κ3) is 5.22. The number of anilines is 1. The lowest BCUT2D eigenvalue weighted by molar-refractivity contribution is -0.116. The minimum atomic E-state index is -3.78.